The molecule has 2 aromatic rings. The van der Waals surface area contributed by atoms with Crippen molar-refractivity contribution in [2.75, 3.05) is 0 Å². The summed E-state index contributed by atoms with van der Waals surface area (Å²) in [5.41, 5.74) is 3.10. The van der Waals surface area contributed by atoms with Crippen molar-refractivity contribution in [1.29, 1.82) is 5.26 Å². The summed E-state index contributed by atoms with van der Waals surface area (Å²) in [6, 6.07) is 8.23. The highest BCUT2D eigenvalue weighted by Crippen LogP contribution is 2.36. The van der Waals surface area contributed by atoms with Crippen LogP contribution in [0.25, 0.3) is 11.1 Å². The fourth-order valence-electron chi connectivity index (χ4n) is 2.34. The maximum Gasteiger partial charge on any atom is 0.120 e. The van der Waals surface area contributed by atoms with Crippen LogP contribution in [0.2, 0.25) is 0 Å². The topological polar surface area (TPSA) is 58.8 Å². The lowest BCUT2D eigenvalue weighted by atomic mass is 9.81. The van der Waals surface area contributed by atoms with E-state index in [1.165, 1.54) is 6.33 Å². The van der Waals surface area contributed by atoms with E-state index in [4.69, 9.17) is 4.74 Å². The molecular weight excluding hydrogens is 274 g/mol. The number of nitriles is 1. The first-order chi connectivity index (χ1) is 10.3. The maximum absolute atomic E-state index is 9.54. The minimum absolute atomic E-state index is 0.0886. The molecule has 0 fully saturated rings. The van der Waals surface area contributed by atoms with Crippen molar-refractivity contribution in [2.45, 2.75) is 46.1 Å². The zero-order chi connectivity index (χ0) is 16.3. The first-order valence-corrected chi connectivity index (χ1v) is 7.34. The average Bonchev–Trinajstić information content (AvgIpc) is 2.47. The highest BCUT2D eigenvalue weighted by molar-refractivity contribution is 5.71. The van der Waals surface area contributed by atoms with Crippen molar-refractivity contribution in [1.82, 2.24) is 9.97 Å². The summed E-state index contributed by atoms with van der Waals surface area (Å²) in [6.45, 7) is 9.73. The van der Waals surface area contributed by atoms with E-state index in [9.17, 15) is 5.26 Å². The molecule has 1 aromatic heterocycles. The van der Waals surface area contributed by atoms with Gasteiger partial charge in [-0.1, -0.05) is 6.07 Å². The van der Waals surface area contributed by atoms with Gasteiger partial charge in [0.25, 0.3) is 0 Å². The Kier molecular flexibility index (Phi) is 4.46. The molecule has 0 amide bonds. The highest BCUT2D eigenvalue weighted by Gasteiger charge is 2.25. The number of hydrogen-bond acceptors (Lipinski definition) is 4. The van der Waals surface area contributed by atoms with Crippen LogP contribution in [0, 0.1) is 18.3 Å². The molecule has 1 heterocycles. The normalized spacial score (nSPS) is 11.3. The number of ether oxygens (including phenoxy) is 1. The molecule has 114 valence electrons. The lowest BCUT2D eigenvalue weighted by Gasteiger charge is -2.22. The van der Waals surface area contributed by atoms with Gasteiger partial charge in [0.1, 0.15) is 12.1 Å². The molecule has 0 atom stereocenters. The molecular formula is C18H21N3O. The fourth-order valence-corrected chi connectivity index (χ4v) is 2.34. The summed E-state index contributed by atoms with van der Waals surface area (Å²) >= 11 is 0. The highest BCUT2D eigenvalue weighted by atomic mass is 16.5. The summed E-state index contributed by atoms with van der Waals surface area (Å²) in [4.78, 5) is 8.37. The largest absolute Gasteiger partial charge is 0.491 e. The van der Waals surface area contributed by atoms with E-state index >= 15 is 0 Å². The molecule has 4 nitrogen and oxygen atoms in total. The Hall–Kier alpha value is -2.41. The molecule has 0 aliphatic carbocycles. The van der Waals surface area contributed by atoms with Crippen LogP contribution in [0.3, 0.4) is 0 Å². The zero-order valence-electron chi connectivity index (χ0n) is 13.7. The van der Waals surface area contributed by atoms with Crippen LogP contribution in [-0.2, 0) is 5.41 Å². The van der Waals surface area contributed by atoms with E-state index in [1.54, 1.807) is 6.20 Å². The van der Waals surface area contributed by atoms with E-state index in [2.05, 4.69) is 16.0 Å². The number of aromatic nitrogens is 2. The summed E-state index contributed by atoms with van der Waals surface area (Å²) in [6.07, 6.45) is 3.41. The van der Waals surface area contributed by atoms with Gasteiger partial charge >= 0.3 is 0 Å². The van der Waals surface area contributed by atoms with Crippen molar-refractivity contribution in [3.05, 3.63) is 42.0 Å². The zero-order valence-corrected chi connectivity index (χ0v) is 13.7. The van der Waals surface area contributed by atoms with Gasteiger partial charge in [-0.3, -0.25) is 0 Å². The van der Waals surface area contributed by atoms with Crippen LogP contribution in [-0.4, -0.2) is 16.1 Å². The standard InChI is InChI=1S/C18H21N3O/c1-12(2)22-14-6-7-15(16-9-20-11-21-13(16)3)17(8-14)18(4,5)10-19/h6-9,11-12H,1-5H3. The molecule has 0 saturated carbocycles. The van der Waals surface area contributed by atoms with Gasteiger partial charge in [-0.15, -0.1) is 0 Å². The van der Waals surface area contributed by atoms with Gasteiger partial charge < -0.3 is 4.74 Å². The Morgan fingerprint density at radius 3 is 2.55 bits per heavy atom. The van der Waals surface area contributed by atoms with Crippen LogP contribution in [0.15, 0.2) is 30.7 Å². The number of hydrogen-bond donors (Lipinski definition) is 0. The van der Waals surface area contributed by atoms with Crippen LogP contribution < -0.4 is 4.74 Å². The Balaban J connectivity index is 2.64. The van der Waals surface area contributed by atoms with Crippen molar-refractivity contribution >= 4 is 0 Å². The fraction of sp³-hybridized carbons (Fsp3) is 0.389. The molecule has 0 radical (unpaired) electrons. The Morgan fingerprint density at radius 1 is 1.23 bits per heavy atom. The van der Waals surface area contributed by atoms with E-state index in [-0.39, 0.29) is 6.10 Å². The van der Waals surface area contributed by atoms with Crippen molar-refractivity contribution < 1.29 is 4.74 Å². The SMILES string of the molecule is Cc1ncncc1-c1ccc(OC(C)C)cc1C(C)(C)C#N. The Morgan fingerprint density at radius 2 is 1.95 bits per heavy atom. The third-order valence-corrected chi connectivity index (χ3v) is 3.52. The minimum atomic E-state index is -0.631. The van der Waals surface area contributed by atoms with E-state index in [1.807, 2.05) is 52.8 Å². The predicted molar refractivity (Wildman–Crippen MR) is 86.6 cm³/mol. The minimum Gasteiger partial charge on any atom is -0.491 e. The quantitative estimate of drug-likeness (QED) is 0.854. The van der Waals surface area contributed by atoms with Crippen molar-refractivity contribution in [3.8, 4) is 22.9 Å². The molecule has 0 saturated heterocycles. The first-order valence-electron chi connectivity index (χ1n) is 7.34. The monoisotopic (exact) mass is 295 g/mol. The Labute approximate surface area is 131 Å². The van der Waals surface area contributed by atoms with Crippen molar-refractivity contribution in [3.63, 3.8) is 0 Å². The van der Waals surface area contributed by atoms with E-state index in [0.717, 1.165) is 28.1 Å². The van der Waals surface area contributed by atoms with Gasteiger partial charge in [-0.25, -0.2) is 9.97 Å². The van der Waals surface area contributed by atoms with Crippen LogP contribution in [0.4, 0.5) is 0 Å². The lowest BCUT2D eigenvalue weighted by Crippen LogP contribution is -2.16. The molecule has 0 unspecified atom stereocenters. The Bertz CT molecular complexity index is 715. The number of nitrogens with zero attached hydrogens (tertiary/aromatic N) is 3. The van der Waals surface area contributed by atoms with Gasteiger partial charge in [0.2, 0.25) is 0 Å². The van der Waals surface area contributed by atoms with Gasteiger partial charge in [0.15, 0.2) is 0 Å². The predicted octanol–water partition coefficient (Wildman–Crippen LogP) is 4.04. The number of rotatable bonds is 4. The molecule has 0 bridgehead atoms. The van der Waals surface area contributed by atoms with Crippen LogP contribution >= 0.6 is 0 Å². The van der Waals surface area contributed by atoms with Gasteiger partial charge in [-0.05, 0) is 57.9 Å². The first kappa shape index (κ1) is 16.0. The second kappa shape index (κ2) is 6.15. The average molecular weight is 295 g/mol. The molecule has 0 spiro atoms. The smallest absolute Gasteiger partial charge is 0.120 e. The molecule has 4 heteroatoms. The second-order valence-electron chi connectivity index (χ2n) is 6.13. The molecule has 1 aromatic carbocycles. The van der Waals surface area contributed by atoms with Crippen molar-refractivity contribution in [2.24, 2.45) is 0 Å². The van der Waals surface area contributed by atoms with Gasteiger partial charge in [0.05, 0.1) is 17.6 Å². The van der Waals surface area contributed by atoms with Crippen LogP contribution in [0.1, 0.15) is 39.0 Å². The van der Waals surface area contributed by atoms with Gasteiger partial charge in [-0.2, -0.15) is 5.26 Å². The summed E-state index contributed by atoms with van der Waals surface area (Å²) < 4.78 is 5.77. The van der Waals surface area contributed by atoms with E-state index in [0.29, 0.717) is 0 Å². The summed E-state index contributed by atoms with van der Waals surface area (Å²) in [5.74, 6) is 0.770. The number of benzene rings is 1. The molecule has 2 rings (SSSR count). The lowest BCUT2D eigenvalue weighted by molar-refractivity contribution is 0.242. The third-order valence-electron chi connectivity index (χ3n) is 3.52. The molecule has 0 aliphatic rings. The number of aryl methyl sites for hydroxylation is 1. The summed E-state index contributed by atoms with van der Waals surface area (Å²) in [7, 11) is 0. The molecule has 22 heavy (non-hydrogen) atoms. The molecule has 0 N–H and O–H groups in total. The molecule has 0 aliphatic heterocycles. The third kappa shape index (κ3) is 3.25. The second-order valence-corrected chi connectivity index (χ2v) is 6.13. The summed E-state index contributed by atoms with van der Waals surface area (Å²) in [5, 5.41) is 9.54. The van der Waals surface area contributed by atoms with Crippen LogP contribution in [0.5, 0.6) is 5.75 Å². The van der Waals surface area contributed by atoms with E-state index < -0.39 is 5.41 Å². The van der Waals surface area contributed by atoms with Gasteiger partial charge in [0, 0.05) is 17.5 Å². The maximum atomic E-state index is 9.54.